The number of amides is 1. The van der Waals surface area contributed by atoms with Gasteiger partial charge in [0.1, 0.15) is 0 Å². The Bertz CT molecular complexity index is 606. The number of nitrogens with two attached hydrogens (primary N) is 1. The third-order valence-electron chi connectivity index (χ3n) is 2.72. The Morgan fingerprint density at radius 1 is 1.05 bits per heavy atom. The fourth-order valence-corrected chi connectivity index (χ4v) is 1.64. The molecule has 3 N–H and O–H groups in total. The second-order valence-electron chi connectivity index (χ2n) is 4.09. The Labute approximate surface area is 112 Å². The van der Waals surface area contributed by atoms with Gasteiger partial charge in [0.05, 0.1) is 11.3 Å². The molecule has 0 radical (unpaired) electrons. The lowest BCUT2D eigenvalue weighted by Gasteiger charge is -2.05. The maximum absolute atomic E-state index is 11.9. The van der Waals surface area contributed by atoms with Gasteiger partial charge in [-0.1, -0.05) is 42.5 Å². The van der Waals surface area contributed by atoms with Crippen LogP contribution in [0.25, 0.3) is 0 Å². The van der Waals surface area contributed by atoms with Crippen molar-refractivity contribution in [3.05, 3.63) is 65.7 Å². The van der Waals surface area contributed by atoms with E-state index < -0.39 is 0 Å². The van der Waals surface area contributed by atoms with Crippen LogP contribution in [0.2, 0.25) is 0 Å². The minimum atomic E-state index is -0.312. The number of hydrazone groups is 1. The Kier molecular flexibility index (Phi) is 3.93. The van der Waals surface area contributed by atoms with Crippen LogP contribution < -0.4 is 11.2 Å². The maximum Gasteiger partial charge on any atom is 0.273 e. The van der Waals surface area contributed by atoms with Crippen molar-refractivity contribution < 1.29 is 4.79 Å². The second kappa shape index (κ2) is 5.82. The van der Waals surface area contributed by atoms with E-state index in [0.29, 0.717) is 11.3 Å². The van der Waals surface area contributed by atoms with E-state index in [1.54, 1.807) is 24.3 Å². The van der Waals surface area contributed by atoms with Crippen molar-refractivity contribution in [2.75, 3.05) is 5.73 Å². The molecule has 19 heavy (non-hydrogen) atoms. The van der Waals surface area contributed by atoms with Gasteiger partial charge in [-0.05, 0) is 24.6 Å². The van der Waals surface area contributed by atoms with Crippen molar-refractivity contribution in [2.24, 2.45) is 5.10 Å². The summed E-state index contributed by atoms with van der Waals surface area (Å²) in [6.07, 6.45) is 0. The van der Waals surface area contributed by atoms with Gasteiger partial charge in [-0.3, -0.25) is 4.79 Å². The normalized spacial score (nSPS) is 11.1. The van der Waals surface area contributed by atoms with Gasteiger partial charge in [-0.2, -0.15) is 5.10 Å². The van der Waals surface area contributed by atoms with Crippen molar-refractivity contribution in [3.8, 4) is 0 Å². The molecule has 0 fully saturated rings. The van der Waals surface area contributed by atoms with Crippen LogP contribution in [0, 0.1) is 0 Å². The molecule has 0 aliphatic heterocycles. The zero-order valence-corrected chi connectivity index (χ0v) is 10.6. The number of nitrogen functional groups attached to an aromatic ring is 1. The molecule has 0 aliphatic rings. The van der Waals surface area contributed by atoms with E-state index in [1.807, 2.05) is 37.3 Å². The first-order chi connectivity index (χ1) is 9.18. The van der Waals surface area contributed by atoms with Crippen LogP contribution in [0.15, 0.2) is 59.7 Å². The topological polar surface area (TPSA) is 67.5 Å². The minimum absolute atomic E-state index is 0.312. The first-order valence-electron chi connectivity index (χ1n) is 5.93. The molecule has 0 saturated heterocycles. The van der Waals surface area contributed by atoms with Crippen LogP contribution in [-0.4, -0.2) is 11.6 Å². The zero-order chi connectivity index (χ0) is 13.7. The summed E-state index contributed by atoms with van der Waals surface area (Å²) in [6, 6.07) is 16.5. The number of hydrogen-bond acceptors (Lipinski definition) is 3. The highest BCUT2D eigenvalue weighted by Gasteiger charge is 2.07. The Morgan fingerprint density at radius 3 is 2.37 bits per heavy atom. The van der Waals surface area contributed by atoms with E-state index in [-0.39, 0.29) is 5.91 Å². The number of carbonyl (C=O) groups is 1. The summed E-state index contributed by atoms with van der Waals surface area (Å²) in [4.78, 5) is 11.9. The molecule has 2 aromatic rings. The molecule has 96 valence electrons. The van der Waals surface area contributed by atoms with Crippen LogP contribution in [0.3, 0.4) is 0 Å². The smallest absolute Gasteiger partial charge is 0.273 e. The third kappa shape index (κ3) is 3.19. The maximum atomic E-state index is 11.9. The highest BCUT2D eigenvalue weighted by atomic mass is 16.2. The summed E-state index contributed by atoms with van der Waals surface area (Å²) < 4.78 is 0. The summed E-state index contributed by atoms with van der Waals surface area (Å²) in [5, 5.41) is 4.07. The molecular weight excluding hydrogens is 238 g/mol. The van der Waals surface area contributed by atoms with Crippen LogP contribution in [0.1, 0.15) is 22.8 Å². The predicted octanol–water partition coefficient (Wildman–Crippen LogP) is 2.42. The lowest BCUT2D eigenvalue weighted by Crippen LogP contribution is -2.20. The number of anilines is 1. The van der Waals surface area contributed by atoms with Crippen molar-refractivity contribution in [2.45, 2.75) is 6.92 Å². The summed E-state index contributed by atoms with van der Waals surface area (Å²) in [6.45, 7) is 1.84. The number of para-hydroxylation sites is 1. The van der Waals surface area contributed by atoms with Crippen molar-refractivity contribution >= 4 is 17.3 Å². The molecule has 2 rings (SSSR count). The molecule has 4 heteroatoms. The highest BCUT2D eigenvalue weighted by molar-refractivity contribution is 6.02. The molecule has 2 aromatic carbocycles. The first-order valence-corrected chi connectivity index (χ1v) is 5.93. The standard InChI is InChI=1S/C15H15N3O/c1-11(12-7-3-2-4-8-12)17-18-15(19)13-9-5-6-10-14(13)16/h2-10H,16H2,1H3,(H,18,19)/b17-11+. The lowest BCUT2D eigenvalue weighted by molar-refractivity contribution is 0.0955. The molecule has 0 heterocycles. The van der Waals surface area contributed by atoms with Gasteiger partial charge >= 0.3 is 0 Å². The molecular formula is C15H15N3O. The summed E-state index contributed by atoms with van der Waals surface area (Å²) >= 11 is 0. The molecule has 0 saturated carbocycles. The number of nitrogens with zero attached hydrogens (tertiary/aromatic N) is 1. The minimum Gasteiger partial charge on any atom is -0.398 e. The van der Waals surface area contributed by atoms with E-state index in [4.69, 9.17) is 5.73 Å². The van der Waals surface area contributed by atoms with Gasteiger partial charge in [0, 0.05) is 5.69 Å². The van der Waals surface area contributed by atoms with E-state index in [9.17, 15) is 4.79 Å². The van der Waals surface area contributed by atoms with E-state index in [2.05, 4.69) is 10.5 Å². The number of benzene rings is 2. The first kappa shape index (κ1) is 12.8. The molecule has 4 nitrogen and oxygen atoms in total. The zero-order valence-electron chi connectivity index (χ0n) is 10.6. The van der Waals surface area contributed by atoms with Gasteiger partial charge in [-0.25, -0.2) is 5.43 Å². The fourth-order valence-electron chi connectivity index (χ4n) is 1.64. The Balaban J connectivity index is 2.11. The van der Waals surface area contributed by atoms with Crippen LogP contribution in [0.4, 0.5) is 5.69 Å². The Morgan fingerprint density at radius 2 is 1.68 bits per heavy atom. The number of nitrogens with one attached hydrogen (secondary N) is 1. The number of carbonyl (C=O) groups excluding carboxylic acids is 1. The molecule has 0 spiro atoms. The molecule has 0 aromatic heterocycles. The highest BCUT2D eigenvalue weighted by Crippen LogP contribution is 2.10. The lowest BCUT2D eigenvalue weighted by atomic mass is 10.1. The van der Waals surface area contributed by atoms with Crippen molar-refractivity contribution in [1.29, 1.82) is 0 Å². The monoisotopic (exact) mass is 253 g/mol. The third-order valence-corrected chi connectivity index (χ3v) is 2.72. The van der Waals surface area contributed by atoms with Gasteiger partial charge in [0.2, 0.25) is 0 Å². The SMILES string of the molecule is C/C(=N\NC(=O)c1ccccc1N)c1ccccc1. The summed E-state index contributed by atoms with van der Waals surface area (Å²) in [7, 11) is 0. The van der Waals surface area contributed by atoms with Gasteiger partial charge < -0.3 is 5.73 Å². The average Bonchev–Trinajstić information content (AvgIpc) is 2.46. The molecule has 1 amide bonds. The van der Waals surface area contributed by atoms with E-state index in [1.165, 1.54) is 0 Å². The van der Waals surface area contributed by atoms with Crippen LogP contribution >= 0.6 is 0 Å². The number of rotatable bonds is 3. The quantitative estimate of drug-likeness (QED) is 0.501. The average molecular weight is 253 g/mol. The molecule has 0 unspecified atom stereocenters. The van der Waals surface area contributed by atoms with Gasteiger partial charge in [0.25, 0.3) is 5.91 Å². The molecule has 0 bridgehead atoms. The molecule has 0 aliphatic carbocycles. The fraction of sp³-hybridized carbons (Fsp3) is 0.0667. The van der Waals surface area contributed by atoms with Gasteiger partial charge in [0.15, 0.2) is 0 Å². The van der Waals surface area contributed by atoms with Crippen molar-refractivity contribution in [1.82, 2.24) is 5.43 Å². The number of hydrogen-bond donors (Lipinski definition) is 2. The second-order valence-corrected chi connectivity index (χ2v) is 4.09. The summed E-state index contributed by atoms with van der Waals surface area (Å²) in [5.74, 6) is -0.312. The van der Waals surface area contributed by atoms with Crippen molar-refractivity contribution in [3.63, 3.8) is 0 Å². The Hall–Kier alpha value is -2.62. The van der Waals surface area contributed by atoms with E-state index >= 15 is 0 Å². The van der Waals surface area contributed by atoms with Crippen LogP contribution in [0.5, 0.6) is 0 Å². The molecule has 0 atom stereocenters. The summed E-state index contributed by atoms with van der Waals surface area (Å²) in [5.41, 5.74) is 10.8. The van der Waals surface area contributed by atoms with E-state index in [0.717, 1.165) is 11.3 Å². The largest absolute Gasteiger partial charge is 0.398 e. The van der Waals surface area contributed by atoms with Gasteiger partial charge in [-0.15, -0.1) is 0 Å². The van der Waals surface area contributed by atoms with Crippen LogP contribution in [-0.2, 0) is 0 Å². The predicted molar refractivity (Wildman–Crippen MR) is 77.0 cm³/mol.